The van der Waals surface area contributed by atoms with E-state index in [4.69, 9.17) is 21.6 Å². The zero-order valence-electron chi connectivity index (χ0n) is 11.1. The molecule has 0 aromatic heterocycles. The van der Waals surface area contributed by atoms with E-state index in [-0.39, 0.29) is 5.92 Å². The number of halogens is 1. The second kappa shape index (κ2) is 7.25. The van der Waals surface area contributed by atoms with Gasteiger partial charge in [-0.15, -0.1) is 0 Å². The van der Waals surface area contributed by atoms with Gasteiger partial charge in [0.2, 0.25) is 0 Å². The van der Waals surface area contributed by atoms with Crippen molar-refractivity contribution in [2.75, 3.05) is 20.7 Å². The van der Waals surface area contributed by atoms with Gasteiger partial charge < -0.3 is 9.64 Å². The first-order valence-electron chi connectivity index (χ1n) is 6.01. The van der Waals surface area contributed by atoms with Crippen molar-refractivity contribution < 1.29 is 4.74 Å². The largest absolute Gasteiger partial charge is 0.497 e. The highest BCUT2D eigenvalue weighted by atomic mass is 35.5. The molecule has 0 radical (unpaired) electrons. The molecule has 0 saturated heterocycles. The van der Waals surface area contributed by atoms with Crippen LogP contribution in [-0.4, -0.2) is 25.6 Å². The van der Waals surface area contributed by atoms with Gasteiger partial charge in [-0.05, 0) is 31.2 Å². The van der Waals surface area contributed by atoms with Gasteiger partial charge in [-0.1, -0.05) is 24.6 Å². The molecule has 0 spiro atoms. The fraction of sp³-hybridized carbons (Fsp3) is 0.500. The Balaban J connectivity index is 2.64. The Hall–Kier alpha value is -1.24. The SMILES string of the molecule is CCC(C#N)CN(C)Cc1ccc(OC)cc1Cl. The van der Waals surface area contributed by atoms with Crippen LogP contribution in [0.3, 0.4) is 0 Å². The fourth-order valence-electron chi connectivity index (χ4n) is 1.78. The Morgan fingerprint density at radius 3 is 2.72 bits per heavy atom. The summed E-state index contributed by atoms with van der Waals surface area (Å²) in [5.74, 6) is 0.835. The minimum atomic E-state index is 0.0759. The van der Waals surface area contributed by atoms with Gasteiger partial charge in [-0.2, -0.15) is 5.26 Å². The van der Waals surface area contributed by atoms with Crippen LogP contribution in [0.25, 0.3) is 0 Å². The maximum Gasteiger partial charge on any atom is 0.120 e. The van der Waals surface area contributed by atoms with E-state index in [1.165, 1.54) is 0 Å². The van der Waals surface area contributed by atoms with Crippen LogP contribution in [0.1, 0.15) is 18.9 Å². The molecule has 4 heteroatoms. The molecular formula is C14H19ClN2O. The Morgan fingerprint density at radius 2 is 2.22 bits per heavy atom. The average molecular weight is 267 g/mol. The first kappa shape index (κ1) is 14.8. The molecule has 18 heavy (non-hydrogen) atoms. The molecule has 0 amide bonds. The van der Waals surface area contributed by atoms with Crippen molar-refractivity contribution in [2.24, 2.45) is 5.92 Å². The van der Waals surface area contributed by atoms with E-state index >= 15 is 0 Å². The predicted molar refractivity (Wildman–Crippen MR) is 73.7 cm³/mol. The zero-order chi connectivity index (χ0) is 13.5. The molecule has 0 heterocycles. The summed E-state index contributed by atoms with van der Waals surface area (Å²) in [6, 6.07) is 7.98. The van der Waals surface area contributed by atoms with Gasteiger partial charge in [-0.25, -0.2) is 0 Å². The van der Waals surface area contributed by atoms with Gasteiger partial charge in [0, 0.05) is 18.1 Å². The topological polar surface area (TPSA) is 36.3 Å². The third-order valence-corrected chi connectivity index (χ3v) is 3.26. The lowest BCUT2D eigenvalue weighted by Gasteiger charge is -2.19. The molecule has 1 aromatic rings. The summed E-state index contributed by atoms with van der Waals surface area (Å²) in [6.07, 6.45) is 0.872. The van der Waals surface area contributed by atoms with Crippen LogP contribution in [0.5, 0.6) is 5.75 Å². The second-order valence-corrected chi connectivity index (χ2v) is 4.80. The molecule has 0 aliphatic rings. The summed E-state index contributed by atoms with van der Waals surface area (Å²) in [5.41, 5.74) is 1.05. The van der Waals surface area contributed by atoms with Crippen molar-refractivity contribution in [1.29, 1.82) is 5.26 Å². The molecule has 1 atom stereocenters. The number of benzene rings is 1. The van der Waals surface area contributed by atoms with Crippen LogP contribution in [-0.2, 0) is 6.54 Å². The molecule has 0 fully saturated rings. The van der Waals surface area contributed by atoms with Crippen LogP contribution in [0, 0.1) is 17.2 Å². The van der Waals surface area contributed by atoms with Crippen LogP contribution in [0.4, 0.5) is 0 Å². The molecule has 0 N–H and O–H groups in total. The second-order valence-electron chi connectivity index (χ2n) is 4.39. The molecular weight excluding hydrogens is 248 g/mol. The number of nitriles is 1. The summed E-state index contributed by atoms with van der Waals surface area (Å²) < 4.78 is 5.11. The fourth-order valence-corrected chi connectivity index (χ4v) is 2.01. The van der Waals surface area contributed by atoms with Crippen molar-refractivity contribution >= 4 is 11.6 Å². The average Bonchev–Trinajstić information content (AvgIpc) is 2.38. The highest BCUT2D eigenvalue weighted by Gasteiger charge is 2.10. The Morgan fingerprint density at radius 1 is 1.50 bits per heavy atom. The van der Waals surface area contributed by atoms with Crippen LogP contribution < -0.4 is 4.74 Å². The summed E-state index contributed by atoms with van der Waals surface area (Å²) in [6.45, 7) is 3.53. The third kappa shape index (κ3) is 4.21. The van der Waals surface area contributed by atoms with Crippen molar-refractivity contribution in [3.05, 3.63) is 28.8 Å². The van der Waals surface area contributed by atoms with Crippen molar-refractivity contribution in [3.63, 3.8) is 0 Å². The Kier molecular flexibility index (Phi) is 5.97. The third-order valence-electron chi connectivity index (χ3n) is 2.91. The lowest BCUT2D eigenvalue weighted by molar-refractivity contribution is 0.292. The smallest absolute Gasteiger partial charge is 0.120 e. The summed E-state index contributed by atoms with van der Waals surface area (Å²) in [7, 11) is 3.62. The monoisotopic (exact) mass is 266 g/mol. The van der Waals surface area contributed by atoms with Crippen molar-refractivity contribution in [3.8, 4) is 11.8 Å². The minimum Gasteiger partial charge on any atom is -0.497 e. The predicted octanol–water partition coefficient (Wildman–Crippen LogP) is 3.33. The summed E-state index contributed by atoms with van der Waals surface area (Å²) in [5, 5.41) is 9.64. The Labute approximate surface area is 114 Å². The highest BCUT2D eigenvalue weighted by molar-refractivity contribution is 6.31. The number of hydrogen-bond donors (Lipinski definition) is 0. The lowest BCUT2D eigenvalue weighted by Crippen LogP contribution is -2.24. The maximum atomic E-state index is 8.94. The van der Waals surface area contributed by atoms with Gasteiger partial charge in [-0.3, -0.25) is 0 Å². The van der Waals surface area contributed by atoms with Gasteiger partial charge in [0.15, 0.2) is 0 Å². The van der Waals surface area contributed by atoms with Gasteiger partial charge in [0.05, 0.1) is 19.1 Å². The molecule has 0 bridgehead atoms. The van der Waals surface area contributed by atoms with Gasteiger partial charge in [0.1, 0.15) is 5.75 Å². The van der Waals surface area contributed by atoms with E-state index < -0.39 is 0 Å². The molecule has 0 aliphatic heterocycles. The molecule has 1 unspecified atom stereocenters. The zero-order valence-corrected chi connectivity index (χ0v) is 11.9. The molecule has 3 nitrogen and oxygen atoms in total. The first-order valence-corrected chi connectivity index (χ1v) is 6.39. The van der Waals surface area contributed by atoms with E-state index in [1.54, 1.807) is 7.11 Å². The number of nitrogens with zero attached hydrogens (tertiary/aromatic N) is 2. The van der Waals surface area contributed by atoms with E-state index in [0.717, 1.165) is 30.8 Å². The van der Waals surface area contributed by atoms with E-state index in [2.05, 4.69) is 11.0 Å². The molecule has 0 saturated carbocycles. The maximum absolute atomic E-state index is 8.94. The molecule has 98 valence electrons. The van der Waals surface area contributed by atoms with Crippen molar-refractivity contribution in [2.45, 2.75) is 19.9 Å². The summed E-state index contributed by atoms with van der Waals surface area (Å²) >= 11 is 6.18. The molecule has 0 aliphatic carbocycles. The van der Waals surface area contributed by atoms with E-state index in [1.807, 2.05) is 32.2 Å². The lowest BCUT2D eigenvalue weighted by atomic mass is 10.1. The quantitative estimate of drug-likeness (QED) is 0.792. The highest BCUT2D eigenvalue weighted by Crippen LogP contribution is 2.23. The van der Waals surface area contributed by atoms with Crippen molar-refractivity contribution in [1.82, 2.24) is 4.90 Å². The van der Waals surface area contributed by atoms with Gasteiger partial charge in [0.25, 0.3) is 0 Å². The first-order chi connectivity index (χ1) is 8.60. The van der Waals surface area contributed by atoms with Crippen LogP contribution in [0.15, 0.2) is 18.2 Å². The van der Waals surface area contributed by atoms with Gasteiger partial charge >= 0.3 is 0 Å². The Bertz CT molecular complexity index is 428. The molecule has 1 aromatic carbocycles. The number of methoxy groups -OCH3 is 1. The van der Waals surface area contributed by atoms with E-state index in [9.17, 15) is 0 Å². The van der Waals surface area contributed by atoms with E-state index in [0.29, 0.717) is 5.02 Å². The number of ether oxygens (including phenoxy) is 1. The van der Waals surface area contributed by atoms with Crippen LogP contribution in [0.2, 0.25) is 5.02 Å². The summed E-state index contributed by atoms with van der Waals surface area (Å²) in [4.78, 5) is 2.12. The van der Waals surface area contributed by atoms with Crippen LogP contribution >= 0.6 is 11.6 Å². The molecule has 1 rings (SSSR count). The normalized spacial score (nSPS) is 12.2. The minimum absolute atomic E-state index is 0.0759. The number of rotatable bonds is 6. The standard InChI is InChI=1S/C14H19ClN2O/c1-4-11(8-16)9-17(2)10-12-5-6-13(18-3)7-14(12)15/h5-7,11H,4,9-10H2,1-3H3. The number of hydrogen-bond acceptors (Lipinski definition) is 3.